The Morgan fingerprint density at radius 1 is 0.938 bits per heavy atom. The van der Waals surface area contributed by atoms with Gasteiger partial charge >= 0.3 is 5.63 Å². The van der Waals surface area contributed by atoms with E-state index in [0.29, 0.717) is 12.1 Å². The van der Waals surface area contributed by atoms with Crippen LogP contribution in [0.1, 0.15) is 29.7 Å². The van der Waals surface area contributed by atoms with Gasteiger partial charge in [0.05, 0.1) is 14.2 Å². The first kappa shape index (κ1) is 21.7. The molecule has 3 aromatic carbocycles. The maximum atomic E-state index is 12.3. The zero-order chi connectivity index (χ0) is 22.7. The molecule has 0 aliphatic rings. The lowest BCUT2D eigenvalue weighted by molar-refractivity contribution is 0.389. The minimum Gasteiger partial charge on any atom is -0.497 e. The molecule has 164 valence electrons. The number of aryl methyl sites for hydroxylation is 1. The topological polar surface area (TPSA) is 60.7 Å². The fourth-order valence-electron chi connectivity index (χ4n) is 3.93. The third-order valence-corrected chi connectivity index (χ3v) is 5.80. The van der Waals surface area contributed by atoms with Crippen molar-refractivity contribution >= 4 is 11.0 Å². The zero-order valence-corrected chi connectivity index (χ0v) is 18.8. The number of methoxy groups -OCH3 is 2. The van der Waals surface area contributed by atoms with Crippen LogP contribution in [0.15, 0.2) is 75.9 Å². The van der Waals surface area contributed by atoms with E-state index in [1.54, 1.807) is 20.3 Å². The Bertz CT molecular complexity index is 1310. The van der Waals surface area contributed by atoms with Crippen LogP contribution in [0.3, 0.4) is 0 Å². The van der Waals surface area contributed by atoms with Gasteiger partial charge in [-0.15, -0.1) is 0 Å². The van der Waals surface area contributed by atoms with Crippen molar-refractivity contribution in [3.8, 4) is 22.6 Å². The molecular formula is C27H27NO4. The summed E-state index contributed by atoms with van der Waals surface area (Å²) < 4.78 is 16.3. The summed E-state index contributed by atoms with van der Waals surface area (Å²) in [6, 6.07) is 21.5. The van der Waals surface area contributed by atoms with E-state index in [-0.39, 0.29) is 11.7 Å². The van der Waals surface area contributed by atoms with Gasteiger partial charge < -0.3 is 19.2 Å². The largest absolute Gasteiger partial charge is 0.497 e. The molecule has 1 heterocycles. The highest BCUT2D eigenvalue weighted by atomic mass is 16.5. The average Bonchev–Trinajstić information content (AvgIpc) is 2.81. The highest BCUT2D eigenvalue weighted by molar-refractivity contribution is 5.94. The van der Waals surface area contributed by atoms with Gasteiger partial charge in [0.1, 0.15) is 17.1 Å². The third kappa shape index (κ3) is 4.39. The van der Waals surface area contributed by atoms with E-state index in [4.69, 9.17) is 13.9 Å². The van der Waals surface area contributed by atoms with Gasteiger partial charge in [0.15, 0.2) is 0 Å². The molecule has 1 aromatic heterocycles. The van der Waals surface area contributed by atoms with Crippen molar-refractivity contribution in [2.45, 2.75) is 26.4 Å². The number of fused-ring (bicyclic) bond motifs is 1. The van der Waals surface area contributed by atoms with E-state index in [1.165, 1.54) is 0 Å². The first-order valence-corrected chi connectivity index (χ1v) is 10.6. The highest BCUT2D eigenvalue weighted by Gasteiger charge is 2.13. The van der Waals surface area contributed by atoms with Gasteiger partial charge in [-0.05, 0) is 42.7 Å². The summed E-state index contributed by atoms with van der Waals surface area (Å²) in [6.45, 7) is 4.75. The Morgan fingerprint density at radius 3 is 2.50 bits per heavy atom. The molecule has 4 rings (SSSR count). The van der Waals surface area contributed by atoms with E-state index in [1.807, 2.05) is 61.5 Å². The summed E-state index contributed by atoms with van der Waals surface area (Å²) in [4.78, 5) is 12.3. The molecule has 5 nitrogen and oxygen atoms in total. The molecule has 0 saturated heterocycles. The van der Waals surface area contributed by atoms with Gasteiger partial charge in [-0.1, -0.05) is 42.5 Å². The monoisotopic (exact) mass is 429 g/mol. The Labute approximate surface area is 187 Å². The van der Waals surface area contributed by atoms with E-state index in [9.17, 15) is 4.79 Å². The van der Waals surface area contributed by atoms with Crippen LogP contribution in [0.2, 0.25) is 0 Å². The second-order valence-corrected chi connectivity index (χ2v) is 7.83. The second-order valence-electron chi connectivity index (χ2n) is 7.83. The summed E-state index contributed by atoms with van der Waals surface area (Å²) in [5, 5.41) is 4.44. The summed E-state index contributed by atoms with van der Waals surface area (Å²) in [6.07, 6.45) is 0. The summed E-state index contributed by atoms with van der Waals surface area (Å²) in [5.74, 6) is 1.53. The Hall–Kier alpha value is -3.57. The molecule has 0 saturated carbocycles. The van der Waals surface area contributed by atoms with Crippen molar-refractivity contribution in [3.05, 3.63) is 93.8 Å². The standard InChI is InChI=1S/C27H27NO4/c1-17-7-5-6-8-22(17)24-15-27(29)32-26-13-19(10-12-23(24)26)18(2)28-16-20-9-11-21(30-3)14-25(20)31-4/h5-15,18,28H,16H2,1-4H3. The predicted octanol–water partition coefficient (Wildman–Crippen LogP) is 5.64. The van der Waals surface area contributed by atoms with Crippen LogP contribution in [-0.2, 0) is 6.54 Å². The molecular weight excluding hydrogens is 402 g/mol. The molecule has 0 bridgehead atoms. The van der Waals surface area contributed by atoms with Crippen LogP contribution >= 0.6 is 0 Å². The summed E-state index contributed by atoms with van der Waals surface area (Å²) >= 11 is 0. The van der Waals surface area contributed by atoms with Gasteiger partial charge in [0, 0.05) is 41.2 Å². The molecule has 1 atom stereocenters. The molecule has 0 fully saturated rings. The molecule has 0 aliphatic heterocycles. The normalized spacial score (nSPS) is 12.0. The third-order valence-electron chi connectivity index (χ3n) is 5.80. The predicted molar refractivity (Wildman–Crippen MR) is 127 cm³/mol. The molecule has 32 heavy (non-hydrogen) atoms. The van der Waals surface area contributed by atoms with Crippen molar-refractivity contribution in [1.82, 2.24) is 5.32 Å². The fraction of sp³-hybridized carbons (Fsp3) is 0.222. The Balaban J connectivity index is 1.62. The maximum Gasteiger partial charge on any atom is 0.336 e. The van der Waals surface area contributed by atoms with Crippen molar-refractivity contribution in [1.29, 1.82) is 0 Å². The molecule has 1 N–H and O–H groups in total. The lowest BCUT2D eigenvalue weighted by Crippen LogP contribution is -2.18. The molecule has 0 amide bonds. The molecule has 0 aliphatic carbocycles. The van der Waals surface area contributed by atoms with Crippen molar-refractivity contribution < 1.29 is 13.9 Å². The maximum absolute atomic E-state index is 12.3. The van der Waals surface area contributed by atoms with Crippen LogP contribution < -0.4 is 20.4 Å². The average molecular weight is 430 g/mol. The number of hydrogen-bond donors (Lipinski definition) is 1. The van der Waals surface area contributed by atoms with Gasteiger partial charge in [0.25, 0.3) is 0 Å². The quantitative estimate of drug-likeness (QED) is 0.386. The number of rotatable bonds is 7. The van der Waals surface area contributed by atoms with Crippen LogP contribution in [-0.4, -0.2) is 14.2 Å². The van der Waals surface area contributed by atoms with Gasteiger partial charge in [-0.2, -0.15) is 0 Å². The molecule has 1 unspecified atom stereocenters. The van der Waals surface area contributed by atoms with Crippen molar-refractivity contribution in [3.63, 3.8) is 0 Å². The lowest BCUT2D eigenvalue weighted by Gasteiger charge is -2.17. The Morgan fingerprint density at radius 2 is 1.75 bits per heavy atom. The zero-order valence-electron chi connectivity index (χ0n) is 18.8. The van der Waals surface area contributed by atoms with E-state index in [0.717, 1.165) is 44.7 Å². The number of ether oxygens (including phenoxy) is 2. The molecule has 4 aromatic rings. The van der Waals surface area contributed by atoms with Crippen LogP contribution in [0, 0.1) is 6.92 Å². The van der Waals surface area contributed by atoms with Gasteiger partial charge in [-0.25, -0.2) is 4.79 Å². The number of hydrogen-bond acceptors (Lipinski definition) is 5. The van der Waals surface area contributed by atoms with Crippen LogP contribution in [0.4, 0.5) is 0 Å². The molecule has 0 radical (unpaired) electrons. The van der Waals surface area contributed by atoms with Gasteiger partial charge in [-0.3, -0.25) is 0 Å². The first-order chi connectivity index (χ1) is 15.5. The SMILES string of the molecule is COc1ccc(CNC(C)c2ccc3c(-c4ccccc4C)cc(=O)oc3c2)c(OC)c1. The van der Waals surface area contributed by atoms with Crippen molar-refractivity contribution in [2.24, 2.45) is 0 Å². The summed E-state index contributed by atoms with van der Waals surface area (Å²) in [5.41, 5.74) is 5.36. The van der Waals surface area contributed by atoms with E-state index >= 15 is 0 Å². The van der Waals surface area contributed by atoms with E-state index < -0.39 is 0 Å². The Kier molecular flexibility index (Phi) is 6.28. The minimum absolute atomic E-state index is 0.0404. The number of benzene rings is 3. The number of nitrogens with one attached hydrogen (secondary N) is 1. The highest BCUT2D eigenvalue weighted by Crippen LogP contribution is 2.31. The molecule has 5 heteroatoms. The van der Waals surface area contributed by atoms with Gasteiger partial charge in [0.2, 0.25) is 0 Å². The minimum atomic E-state index is -0.350. The van der Waals surface area contributed by atoms with Crippen LogP contribution in [0.25, 0.3) is 22.1 Å². The smallest absolute Gasteiger partial charge is 0.336 e. The van der Waals surface area contributed by atoms with Crippen LogP contribution in [0.5, 0.6) is 11.5 Å². The second kappa shape index (κ2) is 9.28. The van der Waals surface area contributed by atoms with E-state index in [2.05, 4.69) is 18.3 Å². The first-order valence-electron chi connectivity index (χ1n) is 10.6. The lowest BCUT2D eigenvalue weighted by atomic mass is 9.96. The fourth-order valence-corrected chi connectivity index (χ4v) is 3.93. The molecule has 0 spiro atoms. The summed E-state index contributed by atoms with van der Waals surface area (Å²) in [7, 11) is 3.29. The van der Waals surface area contributed by atoms with Crippen molar-refractivity contribution in [2.75, 3.05) is 14.2 Å².